The molecule has 0 aliphatic carbocycles. The van der Waals surface area contributed by atoms with Gasteiger partial charge in [0.05, 0.1) is 19.9 Å². The lowest BCUT2D eigenvalue weighted by molar-refractivity contribution is -0.121. The summed E-state index contributed by atoms with van der Waals surface area (Å²) in [4.78, 5) is 25.1. The van der Waals surface area contributed by atoms with Gasteiger partial charge in [-0.3, -0.25) is 9.59 Å². The Morgan fingerprint density at radius 3 is 2.47 bits per heavy atom. The number of benzene rings is 1. The number of aryl methyl sites for hydroxylation is 2. The lowest BCUT2D eigenvalue weighted by atomic mass is 10.1. The Hall–Kier alpha value is -4.16. The Labute approximate surface area is 197 Å². The normalized spacial score (nSPS) is 10.9. The average molecular weight is 462 g/mol. The van der Waals surface area contributed by atoms with Crippen LogP contribution in [0.25, 0.3) is 5.69 Å². The highest BCUT2D eigenvalue weighted by Crippen LogP contribution is 2.22. The molecule has 2 heterocycles. The Balaban J connectivity index is 1.75. The fourth-order valence-electron chi connectivity index (χ4n) is 3.82. The molecule has 0 atom stereocenters. The highest BCUT2D eigenvalue weighted by Gasteiger charge is 2.15. The van der Waals surface area contributed by atoms with Gasteiger partial charge in [-0.2, -0.15) is 10.4 Å². The van der Waals surface area contributed by atoms with Gasteiger partial charge in [0.1, 0.15) is 23.9 Å². The molecule has 0 spiro atoms. The van der Waals surface area contributed by atoms with Crippen molar-refractivity contribution in [3.8, 4) is 17.5 Å². The molecule has 0 aliphatic heterocycles. The molecule has 0 saturated carbocycles. The minimum Gasteiger partial charge on any atom is -0.497 e. The molecular weight excluding hydrogens is 434 g/mol. The van der Waals surface area contributed by atoms with Gasteiger partial charge in [0.15, 0.2) is 0 Å². The van der Waals surface area contributed by atoms with E-state index in [1.54, 1.807) is 26.3 Å². The second kappa shape index (κ2) is 10.6. The number of ether oxygens (including phenoxy) is 2. The quantitative estimate of drug-likeness (QED) is 0.410. The van der Waals surface area contributed by atoms with Crippen molar-refractivity contribution in [1.29, 1.82) is 5.26 Å². The van der Waals surface area contributed by atoms with Crippen LogP contribution >= 0.6 is 0 Å². The number of amides is 1. The van der Waals surface area contributed by atoms with Gasteiger partial charge < -0.3 is 18.6 Å². The van der Waals surface area contributed by atoms with Gasteiger partial charge in [-0.15, -0.1) is 0 Å². The minimum atomic E-state index is -0.531. The zero-order valence-corrected chi connectivity index (χ0v) is 19.9. The number of nitriles is 1. The van der Waals surface area contributed by atoms with Crippen LogP contribution < -0.4 is 15.7 Å². The molecule has 176 valence electrons. The van der Waals surface area contributed by atoms with E-state index in [1.807, 2.05) is 50.2 Å². The minimum absolute atomic E-state index is 0.0327. The maximum Gasteiger partial charge on any atom is 0.269 e. The van der Waals surface area contributed by atoms with E-state index < -0.39 is 11.5 Å². The summed E-state index contributed by atoms with van der Waals surface area (Å²) in [6, 6.07) is 13.3. The molecule has 0 unspecified atom stereocenters. The van der Waals surface area contributed by atoms with Crippen molar-refractivity contribution < 1.29 is 14.3 Å². The van der Waals surface area contributed by atoms with Crippen LogP contribution in [0.1, 0.15) is 33.8 Å². The molecule has 0 radical (unpaired) electrons. The largest absolute Gasteiger partial charge is 0.497 e. The highest BCUT2D eigenvalue weighted by molar-refractivity contribution is 5.84. The summed E-state index contributed by atoms with van der Waals surface area (Å²) in [5, 5.41) is 13.4. The summed E-state index contributed by atoms with van der Waals surface area (Å²) in [5.74, 6) is 0.300. The van der Waals surface area contributed by atoms with Crippen molar-refractivity contribution in [2.24, 2.45) is 5.10 Å². The predicted molar refractivity (Wildman–Crippen MR) is 128 cm³/mol. The smallest absolute Gasteiger partial charge is 0.269 e. The van der Waals surface area contributed by atoms with Crippen molar-refractivity contribution in [3.05, 3.63) is 80.5 Å². The Bertz CT molecular complexity index is 1330. The lowest BCUT2D eigenvalue weighted by Crippen LogP contribution is -2.33. The van der Waals surface area contributed by atoms with Gasteiger partial charge in [-0.25, -0.2) is 5.43 Å². The summed E-state index contributed by atoms with van der Waals surface area (Å²) in [6.07, 6.45) is 1.57. The number of nitrogens with one attached hydrogen (secondary N) is 1. The van der Waals surface area contributed by atoms with E-state index in [0.717, 1.165) is 28.4 Å². The van der Waals surface area contributed by atoms with E-state index in [2.05, 4.69) is 15.1 Å². The third-order valence-electron chi connectivity index (χ3n) is 5.50. The summed E-state index contributed by atoms with van der Waals surface area (Å²) < 4.78 is 13.6. The maximum absolute atomic E-state index is 12.7. The van der Waals surface area contributed by atoms with Crippen molar-refractivity contribution in [1.82, 2.24) is 14.6 Å². The number of rotatable bonds is 8. The Morgan fingerprint density at radius 1 is 1.15 bits per heavy atom. The molecule has 9 nitrogen and oxygen atoms in total. The van der Waals surface area contributed by atoms with Crippen LogP contribution in [0.5, 0.6) is 5.75 Å². The molecule has 0 saturated heterocycles. The molecule has 3 aromatic rings. The zero-order chi connectivity index (χ0) is 24.8. The number of aromatic nitrogens is 2. The topological polar surface area (TPSA) is 111 Å². The van der Waals surface area contributed by atoms with Crippen LogP contribution in [0.15, 0.2) is 46.3 Å². The van der Waals surface area contributed by atoms with E-state index in [9.17, 15) is 14.9 Å². The van der Waals surface area contributed by atoms with Crippen LogP contribution in [0, 0.1) is 32.1 Å². The zero-order valence-electron chi connectivity index (χ0n) is 19.9. The predicted octanol–water partition coefficient (Wildman–Crippen LogP) is 2.74. The Kier molecular flexibility index (Phi) is 7.66. The van der Waals surface area contributed by atoms with E-state index >= 15 is 0 Å². The van der Waals surface area contributed by atoms with Gasteiger partial charge in [-0.1, -0.05) is 0 Å². The van der Waals surface area contributed by atoms with Crippen molar-refractivity contribution in [3.63, 3.8) is 0 Å². The first-order valence-corrected chi connectivity index (χ1v) is 10.6. The molecule has 1 amide bonds. The summed E-state index contributed by atoms with van der Waals surface area (Å²) in [5.41, 5.74) is 6.75. The second-order valence-electron chi connectivity index (χ2n) is 7.78. The first kappa shape index (κ1) is 24.5. The van der Waals surface area contributed by atoms with Crippen LogP contribution in [-0.4, -0.2) is 35.5 Å². The number of pyridine rings is 1. The van der Waals surface area contributed by atoms with E-state index in [4.69, 9.17) is 9.47 Å². The molecule has 3 rings (SSSR count). The van der Waals surface area contributed by atoms with Crippen molar-refractivity contribution >= 4 is 12.1 Å². The van der Waals surface area contributed by atoms with Crippen LogP contribution in [0.4, 0.5) is 0 Å². The number of hydrogen-bond donors (Lipinski definition) is 1. The third kappa shape index (κ3) is 5.08. The van der Waals surface area contributed by atoms with E-state index in [-0.39, 0.29) is 18.7 Å². The van der Waals surface area contributed by atoms with Gasteiger partial charge in [-0.05, 0) is 57.2 Å². The second-order valence-corrected chi connectivity index (χ2v) is 7.78. The molecule has 0 bridgehead atoms. The number of methoxy groups -OCH3 is 2. The standard InChI is InChI=1S/C25H27N5O4/c1-16-10-20(15-33-4)23(12-26)25(32)29(16)14-24(31)28-27-13-19-11-17(2)30(18(19)3)21-6-8-22(34-5)9-7-21/h6-11,13H,14-15H2,1-5H3,(H,28,31)/b27-13+. The Morgan fingerprint density at radius 2 is 1.85 bits per heavy atom. The van der Waals surface area contributed by atoms with E-state index in [1.165, 1.54) is 11.7 Å². The van der Waals surface area contributed by atoms with Gasteiger partial charge in [0.2, 0.25) is 0 Å². The van der Waals surface area contributed by atoms with Gasteiger partial charge in [0, 0.05) is 41.0 Å². The number of nitrogens with zero attached hydrogens (tertiary/aromatic N) is 4. The number of carbonyl (C=O) groups is 1. The van der Waals surface area contributed by atoms with Gasteiger partial charge in [0.25, 0.3) is 11.5 Å². The summed E-state index contributed by atoms with van der Waals surface area (Å²) in [6.45, 7) is 5.54. The first-order chi connectivity index (χ1) is 16.3. The molecule has 0 fully saturated rings. The van der Waals surface area contributed by atoms with Crippen molar-refractivity contribution in [2.75, 3.05) is 14.2 Å². The van der Waals surface area contributed by atoms with Crippen molar-refractivity contribution in [2.45, 2.75) is 33.9 Å². The van der Waals surface area contributed by atoms with Crippen LogP contribution in [-0.2, 0) is 22.7 Å². The molecular formula is C25H27N5O4. The van der Waals surface area contributed by atoms with Crippen LogP contribution in [0.3, 0.4) is 0 Å². The molecule has 1 aromatic carbocycles. The van der Waals surface area contributed by atoms with Gasteiger partial charge >= 0.3 is 0 Å². The molecule has 2 aromatic heterocycles. The maximum atomic E-state index is 12.7. The highest BCUT2D eigenvalue weighted by atomic mass is 16.5. The average Bonchev–Trinajstić information content (AvgIpc) is 3.10. The molecule has 1 N–H and O–H groups in total. The number of hydrogen-bond acceptors (Lipinski definition) is 6. The summed E-state index contributed by atoms with van der Waals surface area (Å²) >= 11 is 0. The molecule has 9 heteroatoms. The lowest BCUT2D eigenvalue weighted by Gasteiger charge is -2.12. The molecule has 0 aliphatic rings. The summed E-state index contributed by atoms with van der Waals surface area (Å²) in [7, 11) is 3.11. The van der Waals surface area contributed by atoms with E-state index in [0.29, 0.717) is 11.3 Å². The number of carbonyl (C=O) groups excluding carboxylic acids is 1. The monoisotopic (exact) mass is 461 g/mol. The third-order valence-corrected chi connectivity index (χ3v) is 5.50. The fourth-order valence-corrected chi connectivity index (χ4v) is 3.82. The molecule has 34 heavy (non-hydrogen) atoms. The van der Waals surface area contributed by atoms with Crippen LogP contribution in [0.2, 0.25) is 0 Å². The SMILES string of the molecule is COCc1cc(C)n(CC(=O)N/N=C/c2cc(C)n(-c3ccc(OC)cc3)c2C)c(=O)c1C#N. The number of hydrazone groups is 1. The fraction of sp³-hybridized carbons (Fsp3) is 0.280. The first-order valence-electron chi connectivity index (χ1n) is 10.6.